The minimum atomic E-state index is -2.97. The summed E-state index contributed by atoms with van der Waals surface area (Å²) in [6.07, 6.45) is 0.739. The first-order chi connectivity index (χ1) is 8.82. The van der Waals surface area contributed by atoms with Gasteiger partial charge in [-0.1, -0.05) is 6.92 Å². The van der Waals surface area contributed by atoms with E-state index in [0.29, 0.717) is 6.42 Å². The van der Waals surface area contributed by atoms with Crippen molar-refractivity contribution in [3.05, 3.63) is 0 Å². The molecule has 1 rings (SSSR count). The van der Waals surface area contributed by atoms with Gasteiger partial charge in [-0.3, -0.25) is 9.59 Å². The molecular weight excluding hydrogens is 290 g/mol. The maximum absolute atomic E-state index is 11.6. The largest absolute Gasteiger partial charge is 0.469 e. The molecule has 0 radical (unpaired) electrons. The number of nitrogens with one attached hydrogen (secondary N) is 1. The highest BCUT2D eigenvalue weighted by atomic mass is 32.2. The zero-order chi connectivity index (χ0) is 14.5. The summed E-state index contributed by atoms with van der Waals surface area (Å²) in [5.41, 5.74) is 0. The van der Waals surface area contributed by atoms with Crippen LogP contribution in [-0.4, -0.2) is 56.0 Å². The Morgan fingerprint density at radius 2 is 2.16 bits per heavy atom. The van der Waals surface area contributed by atoms with Crippen LogP contribution in [-0.2, 0) is 24.2 Å². The van der Waals surface area contributed by atoms with Crippen molar-refractivity contribution in [1.82, 2.24) is 5.32 Å². The fourth-order valence-corrected chi connectivity index (χ4v) is 4.22. The van der Waals surface area contributed by atoms with Crippen LogP contribution in [0.2, 0.25) is 0 Å². The maximum Gasteiger partial charge on any atom is 0.306 e. The Morgan fingerprint density at radius 1 is 1.47 bits per heavy atom. The minimum Gasteiger partial charge on any atom is -0.469 e. The first kappa shape index (κ1) is 16.3. The van der Waals surface area contributed by atoms with Crippen molar-refractivity contribution in [2.75, 3.05) is 24.4 Å². The van der Waals surface area contributed by atoms with E-state index in [1.54, 1.807) is 0 Å². The summed E-state index contributed by atoms with van der Waals surface area (Å²) in [6, 6.07) is -0.269. The van der Waals surface area contributed by atoms with Crippen molar-refractivity contribution in [2.45, 2.75) is 31.1 Å². The molecule has 19 heavy (non-hydrogen) atoms. The number of carbonyl (C=O) groups is 2. The van der Waals surface area contributed by atoms with E-state index in [4.69, 9.17) is 0 Å². The van der Waals surface area contributed by atoms with Gasteiger partial charge in [0.25, 0.3) is 0 Å². The molecule has 1 aliphatic rings. The average Bonchev–Trinajstić information content (AvgIpc) is 2.66. The van der Waals surface area contributed by atoms with Crippen LogP contribution in [0.1, 0.15) is 19.8 Å². The van der Waals surface area contributed by atoms with Gasteiger partial charge in [0.2, 0.25) is 5.91 Å². The van der Waals surface area contributed by atoms with E-state index in [1.807, 2.05) is 6.92 Å². The van der Waals surface area contributed by atoms with Crippen LogP contribution < -0.4 is 5.32 Å². The molecule has 1 aliphatic heterocycles. The number of sulfone groups is 1. The lowest BCUT2D eigenvalue weighted by Crippen LogP contribution is -2.37. The Balaban J connectivity index is 2.23. The molecule has 1 N–H and O–H groups in total. The number of esters is 1. The Hall–Kier alpha value is -0.760. The SMILES string of the molecule is COC(=O)CC(C)SCC(=O)NC1CCS(=O)(=O)C1. The van der Waals surface area contributed by atoms with E-state index >= 15 is 0 Å². The molecule has 0 aliphatic carbocycles. The summed E-state index contributed by atoms with van der Waals surface area (Å²) in [7, 11) is -1.65. The number of carbonyl (C=O) groups excluding carboxylic acids is 2. The van der Waals surface area contributed by atoms with Gasteiger partial charge in [0.15, 0.2) is 9.84 Å². The Morgan fingerprint density at radius 3 is 2.68 bits per heavy atom. The summed E-state index contributed by atoms with van der Waals surface area (Å²) in [6.45, 7) is 1.84. The highest BCUT2D eigenvalue weighted by molar-refractivity contribution is 8.00. The summed E-state index contributed by atoms with van der Waals surface area (Å²) >= 11 is 1.35. The number of hydrogen-bond donors (Lipinski definition) is 1. The number of amides is 1. The fourth-order valence-electron chi connectivity index (χ4n) is 1.77. The average molecular weight is 309 g/mol. The predicted molar refractivity (Wildman–Crippen MR) is 73.8 cm³/mol. The van der Waals surface area contributed by atoms with Crippen LogP contribution in [0, 0.1) is 0 Å². The zero-order valence-electron chi connectivity index (χ0n) is 11.0. The number of thioether (sulfide) groups is 1. The molecule has 2 atom stereocenters. The van der Waals surface area contributed by atoms with Gasteiger partial charge in [-0.25, -0.2) is 8.42 Å². The summed E-state index contributed by atoms with van der Waals surface area (Å²) in [4.78, 5) is 22.6. The van der Waals surface area contributed by atoms with Crippen molar-refractivity contribution in [1.29, 1.82) is 0 Å². The summed E-state index contributed by atoms with van der Waals surface area (Å²) in [5.74, 6) is -0.106. The van der Waals surface area contributed by atoms with Crippen molar-refractivity contribution in [3.8, 4) is 0 Å². The second-order valence-electron chi connectivity index (χ2n) is 4.57. The van der Waals surface area contributed by atoms with Gasteiger partial charge in [0.05, 0.1) is 30.8 Å². The topological polar surface area (TPSA) is 89.5 Å². The highest BCUT2D eigenvalue weighted by Gasteiger charge is 2.28. The van der Waals surface area contributed by atoms with E-state index in [-0.39, 0.29) is 46.8 Å². The standard InChI is InChI=1S/C11H19NO5S2/c1-8(5-11(14)17-2)18-6-10(13)12-9-3-4-19(15,16)7-9/h8-9H,3-7H2,1-2H3,(H,12,13). The number of rotatable bonds is 6. The fraction of sp³-hybridized carbons (Fsp3) is 0.818. The molecule has 1 amide bonds. The number of ether oxygens (including phenoxy) is 1. The van der Waals surface area contributed by atoms with Gasteiger partial charge >= 0.3 is 5.97 Å². The molecule has 110 valence electrons. The Bertz CT molecular complexity index is 434. The molecule has 0 aromatic heterocycles. The van der Waals surface area contributed by atoms with Gasteiger partial charge < -0.3 is 10.1 Å². The molecule has 0 aromatic rings. The van der Waals surface area contributed by atoms with Crippen molar-refractivity contribution in [2.24, 2.45) is 0 Å². The Labute approximate surface area is 117 Å². The predicted octanol–water partition coefficient (Wildman–Crippen LogP) is -0.0255. The van der Waals surface area contributed by atoms with Gasteiger partial charge in [-0.05, 0) is 6.42 Å². The highest BCUT2D eigenvalue weighted by Crippen LogP contribution is 2.15. The third kappa shape index (κ3) is 6.29. The minimum absolute atomic E-state index is 0.00879. The lowest BCUT2D eigenvalue weighted by molar-refractivity contribution is -0.140. The molecule has 0 aromatic carbocycles. The third-order valence-corrected chi connectivity index (χ3v) is 5.71. The molecule has 1 fully saturated rings. The molecule has 0 bridgehead atoms. The lowest BCUT2D eigenvalue weighted by atomic mass is 10.3. The van der Waals surface area contributed by atoms with Crippen LogP contribution in [0.4, 0.5) is 0 Å². The monoisotopic (exact) mass is 309 g/mol. The van der Waals surface area contributed by atoms with Gasteiger partial charge in [-0.15, -0.1) is 11.8 Å². The van der Waals surface area contributed by atoms with Crippen LogP contribution in [0.25, 0.3) is 0 Å². The van der Waals surface area contributed by atoms with Gasteiger partial charge in [0, 0.05) is 11.3 Å². The second-order valence-corrected chi connectivity index (χ2v) is 8.22. The van der Waals surface area contributed by atoms with Crippen molar-refractivity contribution < 1.29 is 22.7 Å². The first-order valence-electron chi connectivity index (χ1n) is 6.00. The van der Waals surface area contributed by atoms with Crippen molar-refractivity contribution >= 4 is 33.5 Å². The molecule has 1 heterocycles. The normalized spacial score (nSPS) is 22.7. The molecule has 1 saturated heterocycles. The third-order valence-electron chi connectivity index (χ3n) is 2.78. The van der Waals surface area contributed by atoms with Crippen LogP contribution >= 0.6 is 11.8 Å². The van der Waals surface area contributed by atoms with Gasteiger partial charge in [0.1, 0.15) is 0 Å². The van der Waals surface area contributed by atoms with Crippen LogP contribution in [0.3, 0.4) is 0 Å². The second kappa shape index (κ2) is 7.14. The zero-order valence-corrected chi connectivity index (χ0v) is 12.7. The van der Waals surface area contributed by atoms with E-state index in [9.17, 15) is 18.0 Å². The smallest absolute Gasteiger partial charge is 0.306 e. The molecular formula is C11H19NO5S2. The van der Waals surface area contributed by atoms with E-state index < -0.39 is 9.84 Å². The quantitative estimate of drug-likeness (QED) is 0.693. The van der Waals surface area contributed by atoms with E-state index in [1.165, 1.54) is 18.9 Å². The van der Waals surface area contributed by atoms with Crippen molar-refractivity contribution in [3.63, 3.8) is 0 Å². The Kier molecular flexibility index (Phi) is 6.12. The first-order valence-corrected chi connectivity index (χ1v) is 8.87. The summed E-state index contributed by atoms with van der Waals surface area (Å²) < 4.78 is 27.0. The number of methoxy groups -OCH3 is 1. The van der Waals surface area contributed by atoms with Crippen LogP contribution in [0.15, 0.2) is 0 Å². The summed E-state index contributed by atoms with van der Waals surface area (Å²) in [5, 5.41) is 2.69. The molecule has 0 saturated carbocycles. The molecule has 6 nitrogen and oxygen atoms in total. The van der Waals surface area contributed by atoms with Gasteiger partial charge in [-0.2, -0.15) is 0 Å². The maximum atomic E-state index is 11.6. The molecule has 8 heteroatoms. The van der Waals surface area contributed by atoms with E-state index in [2.05, 4.69) is 10.1 Å². The van der Waals surface area contributed by atoms with E-state index in [0.717, 1.165) is 0 Å². The lowest BCUT2D eigenvalue weighted by Gasteiger charge is -2.12. The number of hydrogen-bond acceptors (Lipinski definition) is 6. The molecule has 2 unspecified atom stereocenters. The molecule has 0 spiro atoms. The van der Waals surface area contributed by atoms with Crippen LogP contribution in [0.5, 0.6) is 0 Å².